The van der Waals surface area contributed by atoms with Crippen LogP contribution in [0.15, 0.2) is 16.3 Å². The number of piperidine rings is 1. The zero-order chi connectivity index (χ0) is 13.5. The maximum absolute atomic E-state index is 12.6. The molecule has 2 aliphatic rings. The maximum atomic E-state index is 12.6. The molecule has 3 rings (SSSR count). The molecule has 0 bridgehead atoms. The van der Waals surface area contributed by atoms with Gasteiger partial charge in [0, 0.05) is 18.0 Å². The number of fused-ring (bicyclic) bond motifs is 1. The molecule has 0 amide bonds. The number of aryl methyl sites for hydroxylation is 1. The van der Waals surface area contributed by atoms with Gasteiger partial charge in [-0.15, -0.1) is 11.3 Å². The first kappa shape index (κ1) is 13.5. The van der Waals surface area contributed by atoms with Gasteiger partial charge in [-0.3, -0.25) is 0 Å². The van der Waals surface area contributed by atoms with Gasteiger partial charge in [-0.25, -0.2) is 8.42 Å². The zero-order valence-electron chi connectivity index (χ0n) is 11.1. The first-order valence-electron chi connectivity index (χ1n) is 6.91. The third-order valence-electron chi connectivity index (χ3n) is 4.25. The summed E-state index contributed by atoms with van der Waals surface area (Å²) in [4.78, 5) is 1.14. The van der Waals surface area contributed by atoms with Crippen molar-refractivity contribution in [2.75, 3.05) is 26.2 Å². The van der Waals surface area contributed by atoms with Gasteiger partial charge in [-0.05, 0) is 49.9 Å². The lowest BCUT2D eigenvalue weighted by Gasteiger charge is -2.33. The van der Waals surface area contributed by atoms with Crippen LogP contribution in [0.25, 0.3) is 0 Å². The number of thiophene rings is 1. The number of rotatable bonds is 3. The van der Waals surface area contributed by atoms with E-state index in [9.17, 15) is 8.42 Å². The highest BCUT2D eigenvalue weighted by molar-refractivity contribution is 7.91. The number of nitrogens with one attached hydrogen (secondary N) is 1. The van der Waals surface area contributed by atoms with E-state index in [0.717, 1.165) is 30.8 Å². The Labute approximate surface area is 118 Å². The van der Waals surface area contributed by atoms with Crippen molar-refractivity contribution in [3.05, 3.63) is 17.0 Å². The molecule has 4 nitrogen and oxygen atoms in total. The van der Waals surface area contributed by atoms with Crippen LogP contribution in [0.1, 0.15) is 18.2 Å². The van der Waals surface area contributed by atoms with Crippen molar-refractivity contribution in [2.24, 2.45) is 11.8 Å². The second kappa shape index (κ2) is 5.16. The number of hydrogen-bond acceptors (Lipinski definition) is 4. The van der Waals surface area contributed by atoms with Gasteiger partial charge in [0.05, 0.1) is 0 Å². The molecule has 0 aliphatic carbocycles. The smallest absolute Gasteiger partial charge is 0.252 e. The van der Waals surface area contributed by atoms with E-state index in [1.54, 1.807) is 10.4 Å². The van der Waals surface area contributed by atoms with E-state index in [0.29, 0.717) is 29.1 Å². The molecule has 2 fully saturated rings. The second-order valence-corrected chi connectivity index (χ2v) is 8.74. The Bertz CT molecular complexity index is 553. The molecule has 0 aromatic carbocycles. The van der Waals surface area contributed by atoms with Gasteiger partial charge in [0.2, 0.25) is 0 Å². The van der Waals surface area contributed by atoms with Crippen molar-refractivity contribution in [3.63, 3.8) is 0 Å². The van der Waals surface area contributed by atoms with E-state index < -0.39 is 10.0 Å². The Kier molecular flexibility index (Phi) is 3.68. The standard InChI is InChI=1S/C13H20N2O2S2/c1-2-12-3-4-13(18-12)19(16,17)15-6-5-10-7-14-8-11(10)9-15/h3-4,10-11,14H,2,5-9H2,1H3. The molecule has 0 spiro atoms. The van der Waals surface area contributed by atoms with Crippen molar-refractivity contribution in [3.8, 4) is 0 Å². The van der Waals surface area contributed by atoms with Gasteiger partial charge in [0.15, 0.2) is 0 Å². The van der Waals surface area contributed by atoms with Crippen molar-refractivity contribution in [1.29, 1.82) is 0 Å². The van der Waals surface area contributed by atoms with E-state index in [-0.39, 0.29) is 0 Å². The monoisotopic (exact) mass is 300 g/mol. The molecule has 3 heterocycles. The maximum Gasteiger partial charge on any atom is 0.252 e. The molecule has 0 radical (unpaired) electrons. The Morgan fingerprint density at radius 3 is 2.89 bits per heavy atom. The third-order valence-corrected chi connectivity index (χ3v) is 7.81. The molecule has 1 aromatic rings. The Hall–Kier alpha value is -0.430. The Morgan fingerprint density at radius 1 is 1.37 bits per heavy atom. The van der Waals surface area contributed by atoms with Crippen LogP contribution in [0.5, 0.6) is 0 Å². The zero-order valence-corrected chi connectivity index (χ0v) is 12.8. The minimum Gasteiger partial charge on any atom is -0.316 e. The summed E-state index contributed by atoms with van der Waals surface area (Å²) in [6.07, 6.45) is 1.89. The summed E-state index contributed by atoms with van der Waals surface area (Å²) in [7, 11) is -3.27. The summed E-state index contributed by atoms with van der Waals surface area (Å²) in [5.74, 6) is 1.16. The molecule has 2 aliphatic heterocycles. The second-order valence-electron chi connectivity index (χ2n) is 5.40. The lowest BCUT2D eigenvalue weighted by Crippen LogP contribution is -2.43. The Morgan fingerprint density at radius 2 is 2.16 bits per heavy atom. The van der Waals surface area contributed by atoms with Crippen LogP contribution < -0.4 is 5.32 Å². The van der Waals surface area contributed by atoms with Crippen LogP contribution in [0.4, 0.5) is 0 Å². The van der Waals surface area contributed by atoms with Crippen molar-refractivity contribution >= 4 is 21.4 Å². The normalized spacial score (nSPS) is 28.5. The van der Waals surface area contributed by atoms with Gasteiger partial charge in [0.1, 0.15) is 4.21 Å². The van der Waals surface area contributed by atoms with Crippen molar-refractivity contribution in [1.82, 2.24) is 9.62 Å². The lowest BCUT2D eigenvalue weighted by atomic mass is 9.90. The first-order chi connectivity index (χ1) is 9.11. The van der Waals surface area contributed by atoms with Crippen LogP contribution >= 0.6 is 11.3 Å². The van der Waals surface area contributed by atoms with Gasteiger partial charge in [0.25, 0.3) is 10.0 Å². The Balaban J connectivity index is 1.80. The number of hydrogen-bond donors (Lipinski definition) is 1. The number of sulfonamides is 1. The molecule has 2 unspecified atom stereocenters. The van der Waals surface area contributed by atoms with Crippen LogP contribution in [0.2, 0.25) is 0 Å². The van der Waals surface area contributed by atoms with E-state index in [1.807, 2.05) is 6.07 Å². The summed E-state index contributed by atoms with van der Waals surface area (Å²) in [6, 6.07) is 3.69. The summed E-state index contributed by atoms with van der Waals surface area (Å²) in [5, 5.41) is 3.37. The minimum absolute atomic E-state index is 0.495. The average Bonchev–Trinajstić information content (AvgIpc) is 3.06. The van der Waals surface area contributed by atoms with Crippen LogP contribution in [0, 0.1) is 11.8 Å². The summed E-state index contributed by atoms with van der Waals surface area (Å²) >= 11 is 1.41. The molecule has 19 heavy (non-hydrogen) atoms. The van der Waals surface area contributed by atoms with E-state index >= 15 is 0 Å². The van der Waals surface area contributed by atoms with Gasteiger partial charge < -0.3 is 5.32 Å². The summed E-state index contributed by atoms with van der Waals surface area (Å²) < 4.78 is 27.4. The van der Waals surface area contributed by atoms with Crippen molar-refractivity contribution < 1.29 is 8.42 Å². The molecule has 1 N–H and O–H groups in total. The molecule has 0 saturated carbocycles. The van der Waals surface area contributed by atoms with Gasteiger partial charge in [-0.2, -0.15) is 4.31 Å². The highest BCUT2D eigenvalue weighted by atomic mass is 32.2. The lowest BCUT2D eigenvalue weighted by molar-refractivity contribution is 0.228. The van der Waals surface area contributed by atoms with E-state index in [1.165, 1.54) is 11.3 Å². The van der Waals surface area contributed by atoms with Crippen LogP contribution in [-0.4, -0.2) is 38.9 Å². The third kappa shape index (κ3) is 2.46. The molecular formula is C13H20N2O2S2. The predicted octanol–water partition coefficient (Wildman–Crippen LogP) is 1.54. The first-order valence-corrected chi connectivity index (χ1v) is 9.16. The molecule has 2 saturated heterocycles. The fourth-order valence-electron chi connectivity index (χ4n) is 3.03. The van der Waals surface area contributed by atoms with E-state index in [4.69, 9.17) is 0 Å². The fraction of sp³-hybridized carbons (Fsp3) is 0.692. The minimum atomic E-state index is -3.27. The fourth-order valence-corrected chi connectivity index (χ4v) is 6.00. The summed E-state index contributed by atoms with van der Waals surface area (Å²) in [6.45, 7) is 5.42. The highest BCUT2D eigenvalue weighted by Gasteiger charge is 2.38. The quantitative estimate of drug-likeness (QED) is 0.921. The highest BCUT2D eigenvalue weighted by Crippen LogP contribution is 2.32. The van der Waals surface area contributed by atoms with Crippen LogP contribution in [0.3, 0.4) is 0 Å². The molecule has 1 aromatic heterocycles. The van der Waals surface area contributed by atoms with Gasteiger partial charge in [-0.1, -0.05) is 6.92 Å². The molecular weight excluding hydrogens is 280 g/mol. The SMILES string of the molecule is CCc1ccc(S(=O)(=O)N2CCC3CNCC3C2)s1. The summed E-state index contributed by atoms with van der Waals surface area (Å²) in [5.41, 5.74) is 0. The van der Waals surface area contributed by atoms with Gasteiger partial charge >= 0.3 is 0 Å². The van der Waals surface area contributed by atoms with Crippen molar-refractivity contribution in [2.45, 2.75) is 24.0 Å². The molecule has 6 heteroatoms. The number of nitrogens with zero attached hydrogens (tertiary/aromatic N) is 1. The molecule has 106 valence electrons. The largest absolute Gasteiger partial charge is 0.316 e. The van der Waals surface area contributed by atoms with Crippen LogP contribution in [-0.2, 0) is 16.4 Å². The molecule has 2 atom stereocenters. The average molecular weight is 300 g/mol. The van der Waals surface area contributed by atoms with E-state index in [2.05, 4.69) is 12.2 Å². The predicted molar refractivity (Wildman–Crippen MR) is 76.9 cm³/mol. The topological polar surface area (TPSA) is 49.4 Å².